The number of methoxy groups -OCH3 is 1. The van der Waals surface area contributed by atoms with Gasteiger partial charge in [-0.2, -0.15) is 0 Å². The Bertz CT molecular complexity index is 572. The van der Waals surface area contributed by atoms with Crippen LogP contribution in [0.2, 0.25) is 0 Å². The molecule has 98 valence electrons. The van der Waals surface area contributed by atoms with Gasteiger partial charge in [0.25, 0.3) is 0 Å². The summed E-state index contributed by atoms with van der Waals surface area (Å²) in [6, 6.07) is 13.8. The fourth-order valence-corrected chi connectivity index (χ4v) is 2.62. The van der Waals surface area contributed by atoms with Gasteiger partial charge in [-0.1, -0.05) is 24.3 Å². The van der Waals surface area contributed by atoms with Crippen molar-refractivity contribution in [1.29, 1.82) is 0 Å². The van der Waals surface area contributed by atoms with Crippen LogP contribution in [-0.2, 0) is 12.8 Å². The smallest absolute Gasteiger partial charge is 0.165 e. The zero-order valence-corrected chi connectivity index (χ0v) is 10.8. The Morgan fingerprint density at radius 1 is 1.26 bits per heavy atom. The molecule has 1 atom stereocenters. The number of rotatable bonds is 3. The van der Waals surface area contributed by atoms with E-state index in [9.17, 15) is 4.39 Å². The number of nitrogens with one attached hydrogen (secondary N) is 1. The molecule has 19 heavy (non-hydrogen) atoms. The van der Waals surface area contributed by atoms with Crippen molar-refractivity contribution in [2.45, 2.75) is 18.9 Å². The average Bonchev–Trinajstić information content (AvgIpc) is 2.81. The minimum absolute atomic E-state index is 0.296. The van der Waals surface area contributed by atoms with Crippen molar-refractivity contribution in [2.75, 3.05) is 12.4 Å². The highest BCUT2D eigenvalue weighted by Crippen LogP contribution is 2.27. The van der Waals surface area contributed by atoms with E-state index in [2.05, 4.69) is 23.5 Å². The van der Waals surface area contributed by atoms with Crippen molar-refractivity contribution < 1.29 is 9.13 Å². The van der Waals surface area contributed by atoms with Gasteiger partial charge in [-0.25, -0.2) is 4.39 Å². The average molecular weight is 257 g/mol. The lowest BCUT2D eigenvalue weighted by molar-refractivity contribution is 0.386. The van der Waals surface area contributed by atoms with E-state index in [1.165, 1.54) is 18.4 Å². The Morgan fingerprint density at radius 2 is 2.11 bits per heavy atom. The Morgan fingerprint density at radius 3 is 2.84 bits per heavy atom. The second-order valence-electron chi connectivity index (χ2n) is 4.88. The van der Waals surface area contributed by atoms with Crippen LogP contribution in [0.1, 0.15) is 11.1 Å². The molecular weight excluding hydrogens is 241 g/mol. The van der Waals surface area contributed by atoms with E-state index >= 15 is 0 Å². The second-order valence-corrected chi connectivity index (χ2v) is 4.88. The highest BCUT2D eigenvalue weighted by Gasteiger charge is 2.20. The second kappa shape index (κ2) is 4.92. The molecule has 1 N–H and O–H groups in total. The van der Waals surface area contributed by atoms with Crippen molar-refractivity contribution in [3.05, 3.63) is 59.4 Å². The Hall–Kier alpha value is -2.03. The summed E-state index contributed by atoms with van der Waals surface area (Å²) in [6.07, 6.45) is 1.80. The van der Waals surface area contributed by atoms with Crippen LogP contribution in [0.25, 0.3) is 0 Å². The standard InChI is InChI=1S/C16H16FNO/c1-19-16-7-6-11(9-14(16)17)8-13-10-12-4-2-3-5-15(12)18-13/h2-7,9,13,18H,8,10H2,1H3. The summed E-state index contributed by atoms with van der Waals surface area (Å²) in [5.41, 5.74) is 3.52. The molecule has 0 bridgehead atoms. The van der Waals surface area contributed by atoms with Gasteiger partial charge in [0.2, 0.25) is 0 Å². The summed E-state index contributed by atoms with van der Waals surface area (Å²) in [5, 5.41) is 3.48. The third-order valence-electron chi connectivity index (χ3n) is 3.54. The first-order chi connectivity index (χ1) is 9.26. The molecule has 1 unspecified atom stereocenters. The van der Waals surface area contributed by atoms with Crippen LogP contribution < -0.4 is 10.1 Å². The Kier molecular flexibility index (Phi) is 3.11. The molecule has 2 nitrogen and oxygen atoms in total. The summed E-state index contributed by atoms with van der Waals surface area (Å²) in [6.45, 7) is 0. The molecule has 0 aliphatic carbocycles. The highest BCUT2D eigenvalue weighted by molar-refractivity contribution is 5.56. The van der Waals surface area contributed by atoms with Crippen molar-refractivity contribution in [2.24, 2.45) is 0 Å². The van der Waals surface area contributed by atoms with Gasteiger partial charge in [0.05, 0.1) is 7.11 Å². The van der Waals surface area contributed by atoms with Crippen LogP contribution in [0.4, 0.5) is 10.1 Å². The third kappa shape index (κ3) is 2.41. The molecule has 0 saturated heterocycles. The van der Waals surface area contributed by atoms with Crippen molar-refractivity contribution >= 4 is 5.69 Å². The molecule has 0 amide bonds. The third-order valence-corrected chi connectivity index (χ3v) is 3.54. The number of hydrogen-bond acceptors (Lipinski definition) is 2. The van der Waals surface area contributed by atoms with E-state index in [0.717, 1.165) is 18.4 Å². The number of anilines is 1. The quantitative estimate of drug-likeness (QED) is 0.909. The van der Waals surface area contributed by atoms with Gasteiger partial charge < -0.3 is 10.1 Å². The largest absolute Gasteiger partial charge is 0.494 e. The first-order valence-electron chi connectivity index (χ1n) is 6.43. The van der Waals surface area contributed by atoms with Gasteiger partial charge in [-0.15, -0.1) is 0 Å². The number of ether oxygens (including phenoxy) is 1. The van der Waals surface area contributed by atoms with Crippen LogP contribution in [-0.4, -0.2) is 13.2 Å². The lowest BCUT2D eigenvalue weighted by Gasteiger charge is -2.12. The number of hydrogen-bond donors (Lipinski definition) is 1. The molecule has 1 aliphatic heterocycles. The van der Waals surface area contributed by atoms with Gasteiger partial charge in [0.1, 0.15) is 0 Å². The van der Waals surface area contributed by atoms with Crippen LogP contribution in [0.15, 0.2) is 42.5 Å². The molecule has 1 aliphatic rings. The molecule has 0 saturated carbocycles. The summed E-state index contributed by atoms with van der Waals surface area (Å²) >= 11 is 0. The minimum Gasteiger partial charge on any atom is -0.494 e. The van der Waals surface area contributed by atoms with Gasteiger partial charge in [-0.3, -0.25) is 0 Å². The summed E-state index contributed by atoms with van der Waals surface area (Å²) in [5.74, 6) is 0.00179. The van der Waals surface area contributed by atoms with Gasteiger partial charge >= 0.3 is 0 Å². The first-order valence-corrected chi connectivity index (χ1v) is 6.43. The number of fused-ring (bicyclic) bond motifs is 1. The van der Waals surface area contributed by atoms with E-state index in [0.29, 0.717) is 11.8 Å². The molecular formula is C16H16FNO. The van der Waals surface area contributed by atoms with Gasteiger partial charge in [-0.05, 0) is 42.2 Å². The molecule has 3 heteroatoms. The zero-order chi connectivity index (χ0) is 13.2. The highest BCUT2D eigenvalue weighted by atomic mass is 19.1. The van der Waals surface area contributed by atoms with Crippen LogP contribution in [0.5, 0.6) is 5.75 Å². The summed E-state index contributed by atoms with van der Waals surface area (Å²) in [4.78, 5) is 0. The van der Waals surface area contributed by atoms with Crippen molar-refractivity contribution in [1.82, 2.24) is 0 Å². The minimum atomic E-state index is -0.296. The van der Waals surface area contributed by atoms with Crippen molar-refractivity contribution in [3.63, 3.8) is 0 Å². The predicted molar refractivity (Wildman–Crippen MR) is 74.2 cm³/mol. The SMILES string of the molecule is COc1ccc(CC2Cc3ccccc3N2)cc1F. The van der Waals surface area contributed by atoms with Crippen LogP contribution in [0.3, 0.4) is 0 Å². The maximum Gasteiger partial charge on any atom is 0.165 e. The molecule has 1 heterocycles. The lowest BCUT2D eigenvalue weighted by Crippen LogP contribution is -2.18. The summed E-state index contributed by atoms with van der Waals surface area (Å²) < 4.78 is 18.6. The van der Waals surface area contributed by atoms with E-state index in [1.54, 1.807) is 12.1 Å². The van der Waals surface area contributed by atoms with Crippen LogP contribution >= 0.6 is 0 Å². The topological polar surface area (TPSA) is 21.3 Å². The first kappa shape index (κ1) is 12.0. The van der Waals surface area contributed by atoms with E-state index in [-0.39, 0.29) is 5.82 Å². The molecule has 0 fully saturated rings. The molecule has 2 aromatic carbocycles. The Labute approximate surface area is 112 Å². The predicted octanol–water partition coefficient (Wildman–Crippen LogP) is 3.41. The van der Waals surface area contributed by atoms with Gasteiger partial charge in [0, 0.05) is 11.7 Å². The fourth-order valence-electron chi connectivity index (χ4n) is 2.62. The Balaban J connectivity index is 1.72. The molecule has 0 radical (unpaired) electrons. The number of para-hydroxylation sites is 1. The van der Waals surface area contributed by atoms with Crippen LogP contribution in [0, 0.1) is 5.82 Å². The lowest BCUT2D eigenvalue weighted by atomic mass is 10.0. The normalized spacial score (nSPS) is 16.8. The summed E-state index contributed by atoms with van der Waals surface area (Å²) in [7, 11) is 1.48. The fraction of sp³-hybridized carbons (Fsp3) is 0.250. The number of halogens is 1. The molecule has 0 aromatic heterocycles. The zero-order valence-electron chi connectivity index (χ0n) is 10.8. The monoisotopic (exact) mass is 257 g/mol. The molecule has 3 rings (SSSR count). The van der Waals surface area contributed by atoms with E-state index in [1.807, 2.05) is 12.1 Å². The number of benzene rings is 2. The molecule has 0 spiro atoms. The van der Waals surface area contributed by atoms with E-state index < -0.39 is 0 Å². The van der Waals surface area contributed by atoms with E-state index in [4.69, 9.17) is 4.74 Å². The maximum absolute atomic E-state index is 13.6. The maximum atomic E-state index is 13.6. The van der Waals surface area contributed by atoms with Crippen molar-refractivity contribution in [3.8, 4) is 5.75 Å². The van der Waals surface area contributed by atoms with Gasteiger partial charge in [0.15, 0.2) is 11.6 Å². The molecule has 2 aromatic rings.